The lowest BCUT2D eigenvalue weighted by Gasteiger charge is -2.01. The van der Waals surface area contributed by atoms with Gasteiger partial charge in [0.15, 0.2) is 0 Å². The fourth-order valence-corrected chi connectivity index (χ4v) is 2.70. The smallest absolute Gasteiger partial charge is 0.273 e. The van der Waals surface area contributed by atoms with E-state index in [1.54, 1.807) is 0 Å². The SMILES string of the molecule is C#CCOS(=O)(=O)CS(=O)(=O)OC. The van der Waals surface area contributed by atoms with Crippen LogP contribution in [0, 0.1) is 12.3 Å². The molecular weight excluding hydrogens is 220 g/mol. The maximum absolute atomic E-state index is 10.8. The Kier molecular flexibility index (Phi) is 4.35. The van der Waals surface area contributed by atoms with Gasteiger partial charge in [0.2, 0.25) is 5.08 Å². The van der Waals surface area contributed by atoms with Gasteiger partial charge in [-0.05, 0) is 0 Å². The van der Waals surface area contributed by atoms with E-state index in [1.165, 1.54) is 0 Å². The van der Waals surface area contributed by atoms with Crippen molar-refractivity contribution in [1.82, 2.24) is 0 Å². The van der Waals surface area contributed by atoms with Gasteiger partial charge in [0.1, 0.15) is 6.61 Å². The largest absolute Gasteiger partial charge is 0.285 e. The molecule has 0 atom stereocenters. The van der Waals surface area contributed by atoms with Gasteiger partial charge in [-0.1, -0.05) is 5.92 Å². The highest BCUT2D eigenvalue weighted by atomic mass is 32.3. The van der Waals surface area contributed by atoms with Crippen molar-refractivity contribution < 1.29 is 25.2 Å². The molecule has 0 rings (SSSR count). The van der Waals surface area contributed by atoms with Gasteiger partial charge in [-0.15, -0.1) is 6.42 Å². The maximum Gasteiger partial charge on any atom is 0.285 e. The van der Waals surface area contributed by atoms with Crippen molar-refractivity contribution in [3.8, 4) is 12.3 Å². The first kappa shape index (κ1) is 12.4. The molecule has 0 radical (unpaired) electrons. The third kappa shape index (κ3) is 5.59. The topological polar surface area (TPSA) is 86.7 Å². The van der Waals surface area contributed by atoms with Crippen molar-refractivity contribution in [3.63, 3.8) is 0 Å². The average molecular weight is 228 g/mol. The third-order valence-corrected chi connectivity index (χ3v) is 4.16. The third-order valence-electron chi connectivity index (χ3n) is 0.864. The van der Waals surface area contributed by atoms with E-state index in [9.17, 15) is 16.8 Å². The highest BCUT2D eigenvalue weighted by molar-refractivity contribution is 8.03. The molecule has 6 nitrogen and oxygen atoms in total. The summed E-state index contributed by atoms with van der Waals surface area (Å²) in [5, 5.41) is -1.24. The fraction of sp³-hybridized carbons (Fsp3) is 0.600. The Balaban J connectivity index is 4.47. The fourth-order valence-electron chi connectivity index (χ4n) is 0.383. The maximum atomic E-state index is 10.8. The minimum atomic E-state index is -4.17. The van der Waals surface area contributed by atoms with Gasteiger partial charge in [-0.3, -0.25) is 8.37 Å². The number of rotatable bonds is 5. The summed E-state index contributed by atoms with van der Waals surface area (Å²) in [5.74, 6) is 1.89. The van der Waals surface area contributed by atoms with Crippen molar-refractivity contribution >= 4 is 20.2 Å². The minimum Gasteiger partial charge on any atom is -0.273 e. The van der Waals surface area contributed by atoms with Crippen molar-refractivity contribution in [2.24, 2.45) is 0 Å². The van der Waals surface area contributed by atoms with Crippen LogP contribution >= 0.6 is 0 Å². The van der Waals surface area contributed by atoms with E-state index in [1.807, 2.05) is 5.92 Å². The lowest BCUT2D eigenvalue weighted by atomic mass is 10.8. The zero-order chi connectivity index (χ0) is 10.5. The van der Waals surface area contributed by atoms with E-state index in [0.29, 0.717) is 0 Å². The molecule has 0 bridgehead atoms. The summed E-state index contributed by atoms with van der Waals surface area (Å²) >= 11 is 0. The van der Waals surface area contributed by atoms with E-state index in [0.717, 1.165) is 7.11 Å². The predicted octanol–water partition coefficient (Wildman–Crippen LogP) is -1.10. The second-order valence-corrected chi connectivity index (χ2v) is 5.61. The van der Waals surface area contributed by atoms with Crippen LogP contribution in [0.2, 0.25) is 0 Å². The summed E-state index contributed by atoms with van der Waals surface area (Å²) in [4.78, 5) is 0. The molecule has 0 amide bonds. The molecule has 13 heavy (non-hydrogen) atoms. The van der Waals surface area contributed by atoms with Crippen LogP contribution < -0.4 is 0 Å². The first-order chi connectivity index (χ1) is 5.83. The quantitative estimate of drug-likeness (QED) is 0.438. The number of hydrogen-bond acceptors (Lipinski definition) is 6. The van der Waals surface area contributed by atoms with E-state index in [-0.39, 0.29) is 0 Å². The van der Waals surface area contributed by atoms with Crippen LogP contribution in [0.3, 0.4) is 0 Å². The molecule has 0 fully saturated rings. The van der Waals surface area contributed by atoms with Crippen molar-refractivity contribution in [2.75, 3.05) is 18.8 Å². The Morgan fingerprint density at radius 2 is 1.77 bits per heavy atom. The van der Waals surface area contributed by atoms with Gasteiger partial charge in [0, 0.05) is 0 Å². The molecule has 0 aliphatic carbocycles. The van der Waals surface area contributed by atoms with E-state index < -0.39 is 31.9 Å². The standard InChI is InChI=1S/C5H8O6S2/c1-3-4-11-13(8,9)5-12(6,7)10-2/h1H,4-5H2,2H3. The monoisotopic (exact) mass is 228 g/mol. The van der Waals surface area contributed by atoms with Gasteiger partial charge in [0.05, 0.1) is 7.11 Å². The molecule has 0 aromatic heterocycles. The second-order valence-electron chi connectivity index (χ2n) is 1.87. The molecule has 0 aromatic carbocycles. The molecule has 8 heteroatoms. The van der Waals surface area contributed by atoms with E-state index in [2.05, 4.69) is 8.37 Å². The Bertz CT molecular complexity index is 383. The lowest BCUT2D eigenvalue weighted by molar-refractivity contribution is 0.362. The summed E-state index contributed by atoms with van der Waals surface area (Å²) in [7, 11) is -7.40. The summed E-state index contributed by atoms with van der Waals surface area (Å²) in [6.45, 7) is -0.498. The van der Waals surface area contributed by atoms with Crippen LogP contribution in [-0.4, -0.2) is 35.6 Å². The highest BCUT2D eigenvalue weighted by Gasteiger charge is 2.22. The molecule has 0 saturated carbocycles. The zero-order valence-electron chi connectivity index (χ0n) is 6.76. The molecule has 0 saturated heterocycles. The Labute approximate surface area is 77.1 Å². The van der Waals surface area contributed by atoms with E-state index in [4.69, 9.17) is 6.42 Å². The van der Waals surface area contributed by atoms with Crippen LogP contribution in [0.15, 0.2) is 0 Å². The molecule has 0 heterocycles. The van der Waals surface area contributed by atoms with Crippen LogP contribution in [-0.2, 0) is 28.6 Å². The van der Waals surface area contributed by atoms with E-state index >= 15 is 0 Å². The predicted molar refractivity (Wildman–Crippen MR) is 44.5 cm³/mol. The Hall–Kier alpha value is -0.620. The highest BCUT2D eigenvalue weighted by Crippen LogP contribution is 2.00. The average Bonchev–Trinajstić information content (AvgIpc) is 1.99. The van der Waals surface area contributed by atoms with Gasteiger partial charge in [0.25, 0.3) is 20.2 Å². The van der Waals surface area contributed by atoms with Crippen molar-refractivity contribution in [1.29, 1.82) is 0 Å². The Morgan fingerprint density at radius 1 is 1.23 bits per heavy atom. The molecule has 0 N–H and O–H groups in total. The first-order valence-corrected chi connectivity index (χ1v) is 6.07. The van der Waals surface area contributed by atoms with Crippen LogP contribution in [0.25, 0.3) is 0 Å². The van der Waals surface area contributed by atoms with Gasteiger partial charge < -0.3 is 0 Å². The zero-order valence-corrected chi connectivity index (χ0v) is 8.39. The summed E-state index contributed by atoms with van der Waals surface area (Å²) in [6, 6.07) is 0. The second kappa shape index (κ2) is 4.57. The van der Waals surface area contributed by atoms with Crippen LogP contribution in [0.4, 0.5) is 0 Å². The summed E-state index contributed by atoms with van der Waals surface area (Å²) < 4.78 is 50.9. The van der Waals surface area contributed by atoms with Gasteiger partial charge in [-0.2, -0.15) is 16.8 Å². The number of hydrogen-bond donors (Lipinski definition) is 0. The normalized spacial score (nSPS) is 12.3. The van der Waals surface area contributed by atoms with Gasteiger partial charge in [-0.25, -0.2) is 0 Å². The van der Waals surface area contributed by atoms with Crippen LogP contribution in [0.5, 0.6) is 0 Å². The summed E-state index contributed by atoms with van der Waals surface area (Å²) in [6.07, 6.45) is 4.71. The number of terminal acetylenes is 1. The van der Waals surface area contributed by atoms with Crippen LogP contribution in [0.1, 0.15) is 0 Å². The lowest BCUT2D eigenvalue weighted by Crippen LogP contribution is -2.19. The molecular formula is C5H8O6S2. The summed E-state index contributed by atoms with van der Waals surface area (Å²) in [5.41, 5.74) is 0. The van der Waals surface area contributed by atoms with Crippen molar-refractivity contribution in [3.05, 3.63) is 0 Å². The molecule has 0 aromatic rings. The molecule has 0 spiro atoms. The first-order valence-electron chi connectivity index (χ1n) is 2.92. The molecule has 0 unspecified atom stereocenters. The molecule has 0 aliphatic rings. The minimum absolute atomic E-state index is 0.498. The Morgan fingerprint density at radius 3 is 2.15 bits per heavy atom. The van der Waals surface area contributed by atoms with Gasteiger partial charge >= 0.3 is 0 Å². The van der Waals surface area contributed by atoms with Crippen molar-refractivity contribution in [2.45, 2.75) is 0 Å². The molecule has 0 aliphatic heterocycles. The molecule has 76 valence electrons.